The first-order chi connectivity index (χ1) is 9.65. The Morgan fingerprint density at radius 2 is 1.95 bits per heavy atom. The van der Waals surface area contributed by atoms with Crippen LogP contribution < -0.4 is 11.1 Å². The van der Waals surface area contributed by atoms with Crippen LogP contribution in [0.2, 0.25) is 0 Å². The van der Waals surface area contributed by atoms with E-state index in [1.165, 1.54) is 19.3 Å². The number of anilines is 2. The van der Waals surface area contributed by atoms with Crippen molar-refractivity contribution in [3.05, 3.63) is 36.4 Å². The van der Waals surface area contributed by atoms with Crippen LogP contribution in [0.25, 0.3) is 11.4 Å². The molecule has 0 amide bonds. The molecule has 1 aromatic carbocycles. The van der Waals surface area contributed by atoms with E-state index < -0.39 is 0 Å². The molecule has 0 atom stereocenters. The summed E-state index contributed by atoms with van der Waals surface area (Å²) in [4.78, 5) is 8.87. The van der Waals surface area contributed by atoms with E-state index in [4.69, 9.17) is 5.73 Å². The molecule has 3 N–H and O–H groups in total. The number of nitrogens with one attached hydrogen (secondary N) is 1. The number of aromatic nitrogens is 2. The van der Waals surface area contributed by atoms with Gasteiger partial charge in [-0.3, -0.25) is 0 Å². The molecule has 4 heteroatoms. The largest absolute Gasteiger partial charge is 0.384 e. The molecule has 104 valence electrons. The SMILES string of the molecule is CC1(CNc2cc(N)nc(-c3ccccc3)n2)CCC1. The number of nitrogens with two attached hydrogens (primary N) is 1. The molecule has 0 radical (unpaired) electrons. The maximum Gasteiger partial charge on any atom is 0.163 e. The van der Waals surface area contributed by atoms with E-state index in [2.05, 4.69) is 22.2 Å². The lowest BCUT2D eigenvalue weighted by Crippen LogP contribution is -2.33. The summed E-state index contributed by atoms with van der Waals surface area (Å²) in [6.07, 6.45) is 3.90. The highest BCUT2D eigenvalue weighted by atomic mass is 15.1. The molecule has 0 spiro atoms. The van der Waals surface area contributed by atoms with Crippen LogP contribution in [0.1, 0.15) is 26.2 Å². The fourth-order valence-electron chi connectivity index (χ4n) is 2.53. The molecular formula is C16H20N4. The van der Waals surface area contributed by atoms with Crippen LogP contribution in [-0.4, -0.2) is 16.5 Å². The summed E-state index contributed by atoms with van der Waals surface area (Å²) in [7, 11) is 0. The third-order valence-corrected chi connectivity index (χ3v) is 4.03. The Kier molecular flexibility index (Phi) is 3.30. The topological polar surface area (TPSA) is 63.8 Å². The molecule has 20 heavy (non-hydrogen) atoms. The molecule has 0 saturated heterocycles. The molecule has 1 aliphatic rings. The fraction of sp³-hybridized carbons (Fsp3) is 0.375. The molecule has 1 aromatic heterocycles. The van der Waals surface area contributed by atoms with Crippen molar-refractivity contribution in [1.29, 1.82) is 0 Å². The van der Waals surface area contributed by atoms with Crippen molar-refractivity contribution in [2.45, 2.75) is 26.2 Å². The summed E-state index contributed by atoms with van der Waals surface area (Å²) in [6.45, 7) is 3.25. The third kappa shape index (κ3) is 2.74. The van der Waals surface area contributed by atoms with E-state index in [0.717, 1.165) is 17.9 Å². The van der Waals surface area contributed by atoms with Gasteiger partial charge in [0.15, 0.2) is 5.82 Å². The van der Waals surface area contributed by atoms with Gasteiger partial charge < -0.3 is 11.1 Å². The lowest BCUT2D eigenvalue weighted by molar-refractivity contribution is 0.180. The van der Waals surface area contributed by atoms with Crippen LogP contribution in [0.3, 0.4) is 0 Å². The minimum absolute atomic E-state index is 0.409. The highest BCUT2D eigenvalue weighted by molar-refractivity contribution is 5.60. The lowest BCUT2D eigenvalue weighted by atomic mass is 9.70. The Labute approximate surface area is 119 Å². The standard InChI is InChI=1S/C16H20N4/c1-16(8-5-9-16)11-18-14-10-13(17)19-15(20-14)12-6-3-2-4-7-12/h2-4,6-7,10H,5,8-9,11H2,1H3,(H3,17,18,19,20). The summed E-state index contributed by atoms with van der Waals surface area (Å²) in [5, 5.41) is 3.41. The molecular weight excluding hydrogens is 248 g/mol. The van der Waals surface area contributed by atoms with E-state index in [1.54, 1.807) is 6.07 Å². The molecule has 1 aliphatic carbocycles. The Hall–Kier alpha value is -2.10. The van der Waals surface area contributed by atoms with Gasteiger partial charge in [0.25, 0.3) is 0 Å². The zero-order chi connectivity index (χ0) is 14.0. The van der Waals surface area contributed by atoms with E-state index in [1.807, 2.05) is 30.3 Å². The number of hydrogen-bond donors (Lipinski definition) is 2. The maximum atomic E-state index is 5.89. The molecule has 1 saturated carbocycles. The summed E-state index contributed by atoms with van der Waals surface area (Å²) in [6, 6.07) is 11.7. The van der Waals surface area contributed by atoms with Crippen LogP contribution in [0.4, 0.5) is 11.6 Å². The third-order valence-electron chi connectivity index (χ3n) is 4.03. The van der Waals surface area contributed by atoms with Gasteiger partial charge in [0.2, 0.25) is 0 Å². The maximum absolute atomic E-state index is 5.89. The van der Waals surface area contributed by atoms with Gasteiger partial charge in [0, 0.05) is 18.2 Å². The zero-order valence-corrected chi connectivity index (χ0v) is 11.8. The summed E-state index contributed by atoms with van der Waals surface area (Å²) in [5.41, 5.74) is 7.28. The first-order valence-corrected chi connectivity index (χ1v) is 7.09. The number of hydrogen-bond acceptors (Lipinski definition) is 4. The Morgan fingerprint density at radius 3 is 2.60 bits per heavy atom. The zero-order valence-electron chi connectivity index (χ0n) is 11.8. The Bertz CT molecular complexity index is 591. The predicted octanol–water partition coefficient (Wildman–Crippen LogP) is 3.33. The summed E-state index contributed by atoms with van der Waals surface area (Å²) in [5.74, 6) is 1.98. The van der Waals surface area contributed by atoms with Crippen molar-refractivity contribution >= 4 is 11.6 Å². The normalized spacial score (nSPS) is 16.4. The number of rotatable bonds is 4. The van der Waals surface area contributed by atoms with Crippen LogP contribution in [0, 0.1) is 5.41 Å². The van der Waals surface area contributed by atoms with E-state index >= 15 is 0 Å². The van der Waals surface area contributed by atoms with Crippen molar-refractivity contribution in [2.24, 2.45) is 5.41 Å². The van der Waals surface area contributed by atoms with Gasteiger partial charge in [0.05, 0.1) is 0 Å². The van der Waals surface area contributed by atoms with E-state index in [-0.39, 0.29) is 0 Å². The second-order valence-electron chi connectivity index (χ2n) is 5.89. The van der Waals surface area contributed by atoms with Gasteiger partial charge in [-0.25, -0.2) is 9.97 Å². The van der Waals surface area contributed by atoms with Gasteiger partial charge in [-0.2, -0.15) is 0 Å². The van der Waals surface area contributed by atoms with Crippen LogP contribution >= 0.6 is 0 Å². The molecule has 0 unspecified atom stereocenters. The molecule has 1 heterocycles. The van der Waals surface area contributed by atoms with Gasteiger partial charge in [-0.1, -0.05) is 43.7 Å². The second-order valence-corrected chi connectivity index (χ2v) is 5.89. The molecule has 2 aromatic rings. The molecule has 4 nitrogen and oxygen atoms in total. The van der Waals surface area contributed by atoms with Crippen LogP contribution in [0.5, 0.6) is 0 Å². The van der Waals surface area contributed by atoms with Crippen LogP contribution in [-0.2, 0) is 0 Å². The minimum Gasteiger partial charge on any atom is -0.384 e. The molecule has 3 rings (SSSR count). The van der Waals surface area contributed by atoms with Gasteiger partial charge in [-0.15, -0.1) is 0 Å². The number of benzene rings is 1. The molecule has 1 fully saturated rings. The van der Waals surface area contributed by atoms with Gasteiger partial charge in [-0.05, 0) is 18.3 Å². The van der Waals surface area contributed by atoms with E-state index in [0.29, 0.717) is 17.1 Å². The first-order valence-electron chi connectivity index (χ1n) is 7.09. The quantitative estimate of drug-likeness (QED) is 0.892. The van der Waals surface area contributed by atoms with Crippen molar-refractivity contribution < 1.29 is 0 Å². The van der Waals surface area contributed by atoms with Gasteiger partial charge >= 0.3 is 0 Å². The Balaban J connectivity index is 1.80. The number of nitrogen functional groups attached to an aromatic ring is 1. The van der Waals surface area contributed by atoms with Crippen molar-refractivity contribution in [2.75, 3.05) is 17.6 Å². The smallest absolute Gasteiger partial charge is 0.163 e. The van der Waals surface area contributed by atoms with Crippen molar-refractivity contribution in [1.82, 2.24) is 9.97 Å². The highest BCUT2D eigenvalue weighted by Gasteiger charge is 2.31. The first kappa shape index (κ1) is 12.9. The van der Waals surface area contributed by atoms with Crippen molar-refractivity contribution in [3.8, 4) is 11.4 Å². The fourth-order valence-corrected chi connectivity index (χ4v) is 2.53. The summed E-state index contributed by atoms with van der Waals surface area (Å²) >= 11 is 0. The Morgan fingerprint density at radius 1 is 1.20 bits per heavy atom. The average Bonchev–Trinajstić information content (AvgIpc) is 2.43. The van der Waals surface area contributed by atoms with Gasteiger partial charge in [0.1, 0.15) is 11.6 Å². The monoisotopic (exact) mass is 268 g/mol. The van der Waals surface area contributed by atoms with Crippen LogP contribution in [0.15, 0.2) is 36.4 Å². The minimum atomic E-state index is 0.409. The molecule has 0 bridgehead atoms. The molecule has 0 aliphatic heterocycles. The second kappa shape index (κ2) is 5.12. The highest BCUT2D eigenvalue weighted by Crippen LogP contribution is 2.40. The lowest BCUT2D eigenvalue weighted by Gasteiger charge is -2.38. The summed E-state index contributed by atoms with van der Waals surface area (Å²) < 4.78 is 0. The number of nitrogens with zero attached hydrogens (tertiary/aromatic N) is 2. The van der Waals surface area contributed by atoms with Crippen molar-refractivity contribution in [3.63, 3.8) is 0 Å². The van der Waals surface area contributed by atoms with E-state index in [9.17, 15) is 0 Å². The average molecular weight is 268 g/mol. The predicted molar refractivity (Wildman–Crippen MR) is 82.3 cm³/mol.